The fraction of sp³-hybridized carbons (Fsp3) is 0.462. The van der Waals surface area contributed by atoms with Gasteiger partial charge in [-0.05, 0) is 30.5 Å². The van der Waals surface area contributed by atoms with Crippen LogP contribution in [-0.4, -0.2) is 26.2 Å². The third-order valence-electron chi connectivity index (χ3n) is 2.49. The van der Waals surface area contributed by atoms with Crippen LogP contribution in [0.1, 0.15) is 18.4 Å². The third kappa shape index (κ3) is 5.60. The second-order valence-electron chi connectivity index (χ2n) is 3.93. The third-order valence-corrected chi connectivity index (χ3v) is 2.99. The molecule has 1 aromatic rings. The van der Waals surface area contributed by atoms with Gasteiger partial charge in [-0.1, -0.05) is 22.0 Å². The Morgan fingerprint density at radius 1 is 1.50 bits per heavy atom. The van der Waals surface area contributed by atoms with E-state index in [9.17, 15) is 9.18 Å². The van der Waals surface area contributed by atoms with Crippen LogP contribution in [0.15, 0.2) is 22.7 Å². The maximum Gasteiger partial charge on any atom is 0.222 e. The van der Waals surface area contributed by atoms with Gasteiger partial charge in [-0.2, -0.15) is 0 Å². The highest BCUT2D eigenvalue weighted by Crippen LogP contribution is 2.16. The summed E-state index contributed by atoms with van der Waals surface area (Å²) in [6.07, 6.45) is 1.70. The van der Waals surface area contributed by atoms with Gasteiger partial charge in [-0.25, -0.2) is 4.39 Å². The number of ether oxygens (including phenoxy) is 1. The Hall–Kier alpha value is -0.940. The van der Waals surface area contributed by atoms with Crippen LogP contribution in [-0.2, 0) is 16.0 Å². The molecule has 0 atom stereocenters. The van der Waals surface area contributed by atoms with E-state index in [-0.39, 0.29) is 11.7 Å². The number of halogens is 2. The van der Waals surface area contributed by atoms with E-state index in [2.05, 4.69) is 21.2 Å². The second-order valence-corrected chi connectivity index (χ2v) is 4.85. The molecule has 0 aliphatic heterocycles. The number of carbonyl (C=O) groups excluding carboxylic acids is 1. The van der Waals surface area contributed by atoms with Crippen molar-refractivity contribution in [1.29, 1.82) is 0 Å². The lowest BCUT2D eigenvalue weighted by Gasteiger charge is -2.06. The van der Waals surface area contributed by atoms with Crippen molar-refractivity contribution >= 4 is 21.8 Å². The molecular formula is C13H17BrFNO2. The number of rotatable bonds is 7. The minimum atomic E-state index is -0.213. The highest BCUT2D eigenvalue weighted by atomic mass is 79.9. The van der Waals surface area contributed by atoms with Gasteiger partial charge in [-0.15, -0.1) is 0 Å². The average molecular weight is 318 g/mol. The van der Waals surface area contributed by atoms with Crippen molar-refractivity contribution in [2.75, 3.05) is 20.3 Å². The van der Waals surface area contributed by atoms with E-state index in [4.69, 9.17) is 4.74 Å². The number of methoxy groups -OCH3 is 1. The van der Waals surface area contributed by atoms with Gasteiger partial charge < -0.3 is 10.1 Å². The zero-order chi connectivity index (χ0) is 13.4. The van der Waals surface area contributed by atoms with E-state index in [0.717, 1.165) is 10.9 Å². The quantitative estimate of drug-likeness (QED) is 0.785. The molecule has 1 N–H and O–H groups in total. The summed E-state index contributed by atoms with van der Waals surface area (Å²) < 4.78 is 19.0. The lowest BCUT2D eigenvalue weighted by molar-refractivity contribution is -0.121. The average Bonchev–Trinajstić information content (AvgIpc) is 2.34. The van der Waals surface area contributed by atoms with E-state index in [1.54, 1.807) is 13.2 Å². The molecule has 0 heterocycles. The monoisotopic (exact) mass is 317 g/mol. The molecule has 100 valence electrons. The van der Waals surface area contributed by atoms with Crippen molar-refractivity contribution in [1.82, 2.24) is 5.32 Å². The van der Waals surface area contributed by atoms with E-state index < -0.39 is 0 Å². The van der Waals surface area contributed by atoms with Gasteiger partial charge in [0.2, 0.25) is 5.91 Å². The normalized spacial score (nSPS) is 10.4. The van der Waals surface area contributed by atoms with Crippen molar-refractivity contribution in [3.8, 4) is 0 Å². The van der Waals surface area contributed by atoms with Crippen molar-refractivity contribution in [2.45, 2.75) is 19.3 Å². The minimum absolute atomic E-state index is 0.0341. The first kappa shape index (κ1) is 15.1. The molecule has 0 aliphatic rings. The van der Waals surface area contributed by atoms with Gasteiger partial charge in [0.1, 0.15) is 5.82 Å². The largest absolute Gasteiger partial charge is 0.384 e. The Balaban J connectivity index is 2.23. The standard InChI is InChI=1S/C13H17BrFNO2/c1-18-8-6-13(17)16-7-2-3-10-4-5-11(14)9-12(10)15/h4-5,9H,2-3,6-8H2,1H3,(H,16,17). The molecule has 0 radical (unpaired) electrons. The molecular weight excluding hydrogens is 301 g/mol. The summed E-state index contributed by atoms with van der Waals surface area (Å²) in [7, 11) is 1.56. The maximum atomic E-state index is 13.5. The Labute approximate surface area is 115 Å². The zero-order valence-corrected chi connectivity index (χ0v) is 11.9. The Morgan fingerprint density at radius 3 is 2.94 bits per heavy atom. The van der Waals surface area contributed by atoms with Crippen LogP contribution in [0.5, 0.6) is 0 Å². The van der Waals surface area contributed by atoms with Gasteiger partial charge in [-0.3, -0.25) is 4.79 Å². The van der Waals surface area contributed by atoms with Crippen LogP contribution < -0.4 is 5.32 Å². The van der Waals surface area contributed by atoms with Crippen molar-refractivity contribution in [2.24, 2.45) is 0 Å². The van der Waals surface area contributed by atoms with Crippen molar-refractivity contribution in [3.63, 3.8) is 0 Å². The zero-order valence-electron chi connectivity index (χ0n) is 10.3. The molecule has 0 aliphatic carbocycles. The predicted molar refractivity (Wildman–Crippen MR) is 71.9 cm³/mol. The number of benzene rings is 1. The highest BCUT2D eigenvalue weighted by molar-refractivity contribution is 9.10. The molecule has 5 heteroatoms. The van der Waals surface area contributed by atoms with Crippen LogP contribution >= 0.6 is 15.9 Å². The minimum Gasteiger partial charge on any atom is -0.384 e. The lowest BCUT2D eigenvalue weighted by atomic mass is 10.1. The van der Waals surface area contributed by atoms with Gasteiger partial charge in [0.15, 0.2) is 0 Å². The summed E-state index contributed by atoms with van der Waals surface area (Å²) in [5, 5.41) is 2.77. The molecule has 1 amide bonds. The molecule has 0 saturated heterocycles. The van der Waals surface area contributed by atoms with Crippen molar-refractivity contribution < 1.29 is 13.9 Å². The maximum absolute atomic E-state index is 13.5. The van der Waals surface area contributed by atoms with Gasteiger partial charge >= 0.3 is 0 Å². The van der Waals surface area contributed by atoms with Gasteiger partial charge in [0, 0.05) is 24.5 Å². The summed E-state index contributed by atoms with van der Waals surface area (Å²) in [6, 6.07) is 5.02. The summed E-state index contributed by atoms with van der Waals surface area (Å²) in [6.45, 7) is 0.977. The van der Waals surface area contributed by atoms with Gasteiger partial charge in [0.05, 0.1) is 6.61 Å². The summed E-state index contributed by atoms with van der Waals surface area (Å²) in [5.74, 6) is -0.247. The predicted octanol–water partition coefficient (Wildman–Crippen LogP) is 2.67. The molecule has 0 bridgehead atoms. The number of hydrogen-bond acceptors (Lipinski definition) is 2. The van der Waals surface area contributed by atoms with Crippen LogP contribution in [0.3, 0.4) is 0 Å². The summed E-state index contributed by atoms with van der Waals surface area (Å²) >= 11 is 3.21. The smallest absolute Gasteiger partial charge is 0.222 e. The lowest BCUT2D eigenvalue weighted by Crippen LogP contribution is -2.25. The fourth-order valence-electron chi connectivity index (χ4n) is 1.51. The molecule has 0 aromatic heterocycles. The second kappa shape index (κ2) is 8.21. The fourth-order valence-corrected chi connectivity index (χ4v) is 1.85. The van der Waals surface area contributed by atoms with Crippen molar-refractivity contribution in [3.05, 3.63) is 34.1 Å². The molecule has 3 nitrogen and oxygen atoms in total. The Kier molecular flexibility index (Phi) is 6.90. The summed E-state index contributed by atoms with van der Waals surface area (Å²) in [4.78, 5) is 11.3. The van der Waals surface area contributed by atoms with E-state index in [0.29, 0.717) is 31.6 Å². The van der Waals surface area contributed by atoms with Crippen LogP contribution in [0.2, 0.25) is 0 Å². The topological polar surface area (TPSA) is 38.3 Å². The first-order valence-corrected chi connectivity index (χ1v) is 6.62. The number of nitrogens with one attached hydrogen (secondary N) is 1. The number of carbonyl (C=O) groups is 1. The molecule has 0 fully saturated rings. The van der Waals surface area contributed by atoms with Crippen LogP contribution in [0.25, 0.3) is 0 Å². The Bertz CT molecular complexity index is 399. The SMILES string of the molecule is COCCC(=O)NCCCc1ccc(Br)cc1F. The molecule has 0 unspecified atom stereocenters. The molecule has 18 heavy (non-hydrogen) atoms. The first-order chi connectivity index (χ1) is 8.63. The van der Waals surface area contributed by atoms with Crippen LogP contribution in [0, 0.1) is 5.82 Å². The summed E-state index contributed by atoms with van der Waals surface area (Å²) in [5.41, 5.74) is 0.671. The van der Waals surface area contributed by atoms with Gasteiger partial charge in [0.25, 0.3) is 0 Å². The molecule has 1 aromatic carbocycles. The Morgan fingerprint density at radius 2 is 2.28 bits per heavy atom. The highest BCUT2D eigenvalue weighted by Gasteiger charge is 2.03. The first-order valence-electron chi connectivity index (χ1n) is 5.83. The number of aryl methyl sites for hydroxylation is 1. The van der Waals surface area contributed by atoms with E-state index in [1.807, 2.05) is 6.07 Å². The van der Waals surface area contributed by atoms with E-state index in [1.165, 1.54) is 6.07 Å². The van der Waals surface area contributed by atoms with E-state index >= 15 is 0 Å². The molecule has 1 rings (SSSR count). The van der Waals surface area contributed by atoms with Crippen LogP contribution in [0.4, 0.5) is 4.39 Å². The molecule has 0 saturated carbocycles. The number of hydrogen-bond donors (Lipinski definition) is 1. The number of amides is 1. The molecule has 0 spiro atoms.